The molecule has 1 aliphatic rings. The molecular formula is C21H23ClF3N3OS. The molecule has 1 aliphatic heterocycles. The number of thioether (sulfide) groups is 1. The first-order valence-corrected chi connectivity index (χ1v) is 11.0. The number of aromatic nitrogens is 1. The van der Waals surface area contributed by atoms with Gasteiger partial charge in [-0.2, -0.15) is 13.2 Å². The quantitative estimate of drug-likeness (QED) is 0.630. The zero-order chi connectivity index (χ0) is 22.0. The molecule has 0 unspecified atom stereocenters. The summed E-state index contributed by atoms with van der Waals surface area (Å²) < 4.78 is 39.8. The zero-order valence-corrected chi connectivity index (χ0v) is 18.0. The number of nitrogens with zero attached hydrogens (tertiary/aromatic N) is 2. The lowest BCUT2D eigenvalue weighted by atomic mass is 10.1. The molecule has 30 heavy (non-hydrogen) atoms. The van der Waals surface area contributed by atoms with E-state index in [1.54, 1.807) is 16.4 Å². The largest absolute Gasteiger partial charge is 0.417 e. The topological polar surface area (TPSA) is 45.2 Å². The average molecular weight is 458 g/mol. The number of alkyl halides is 3. The minimum absolute atomic E-state index is 0.171. The second-order valence-electron chi connectivity index (χ2n) is 6.39. The Balaban J connectivity index is 0.000000386. The SMILES string of the molecule is CS/C=C/CNC(=O)c1cnc(N2CCCC2)cc1C(F)(F)F.Clc1ccccc1. The number of hydrogen-bond donors (Lipinski definition) is 1. The van der Waals surface area contributed by atoms with Gasteiger partial charge in [-0.25, -0.2) is 4.98 Å². The third kappa shape index (κ3) is 7.57. The Morgan fingerprint density at radius 1 is 1.27 bits per heavy atom. The zero-order valence-electron chi connectivity index (χ0n) is 16.5. The summed E-state index contributed by atoms with van der Waals surface area (Å²) in [7, 11) is 0. The lowest BCUT2D eigenvalue weighted by Crippen LogP contribution is -2.27. The van der Waals surface area contributed by atoms with Gasteiger partial charge in [0.25, 0.3) is 5.91 Å². The Morgan fingerprint density at radius 3 is 2.47 bits per heavy atom. The van der Waals surface area contributed by atoms with E-state index < -0.39 is 23.2 Å². The van der Waals surface area contributed by atoms with E-state index in [9.17, 15) is 18.0 Å². The number of amides is 1. The Morgan fingerprint density at radius 2 is 1.93 bits per heavy atom. The summed E-state index contributed by atoms with van der Waals surface area (Å²) in [6.45, 7) is 1.55. The molecule has 0 saturated carbocycles. The van der Waals surface area contributed by atoms with Crippen LogP contribution >= 0.6 is 23.4 Å². The highest BCUT2D eigenvalue weighted by molar-refractivity contribution is 8.01. The van der Waals surface area contributed by atoms with Crippen LogP contribution in [0.5, 0.6) is 0 Å². The molecule has 1 N–H and O–H groups in total. The van der Waals surface area contributed by atoms with E-state index in [1.165, 1.54) is 11.8 Å². The summed E-state index contributed by atoms with van der Waals surface area (Å²) >= 11 is 6.98. The van der Waals surface area contributed by atoms with Crippen LogP contribution in [0.2, 0.25) is 5.02 Å². The van der Waals surface area contributed by atoms with Crippen molar-refractivity contribution in [1.82, 2.24) is 10.3 Å². The van der Waals surface area contributed by atoms with Gasteiger partial charge in [0, 0.05) is 30.9 Å². The van der Waals surface area contributed by atoms with Gasteiger partial charge in [0.1, 0.15) is 5.82 Å². The van der Waals surface area contributed by atoms with Gasteiger partial charge < -0.3 is 10.2 Å². The standard InChI is InChI=1S/C15H18F3N3OS.C6H5Cl/c1-23-8-4-5-19-14(22)11-10-20-13(21-6-2-3-7-21)9-12(11)15(16,17)18;7-6-4-2-1-3-5-6/h4,8-10H,2-3,5-7H2,1H3,(H,19,22);1-5H/b8-4+;. The maximum Gasteiger partial charge on any atom is 0.417 e. The van der Waals surface area contributed by atoms with Crippen molar-refractivity contribution in [3.63, 3.8) is 0 Å². The van der Waals surface area contributed by atoms with Gasteiger partial charge in [-0.3, -0.25) is 4.79 Å². The Hall–Kier alpha value is -2.19. The molecule has 1 aromatic carbocycles. The van der Waals surface area contributed by atoms with Crippen LogP contribution in [0.3, 0.4) is 0 Å². The third-order valence-corrected chi connectivity index (χ3v) is 4.93. The lowest BCUT2D eigenvalue weighted by Gasteiger charge is -2.19. The van der Waals surface area contributed by atoms with E-state index in [1.807, 2.05) is 36.6 Å². The maximum absolute atomic E-state index is 13.3. The Bertz CT molecular complexity index is 841. The van der Waals surface area contributed by atoms with Gasteiger partial charge in [-0.1, -0.05) is 35.9 Å². The molecular weight excluding hydrogens is 435 g/mol. The van der Waals surface area contributed by atoms with Crippen LogP contribution in [0, 0.1) is 0 Å². The molecule has 4 nitrogen and oxygen atoms in total. The van der Waals surface area contributed by atoms with E-state index in [0.717, 1.165) is 30.1 Å². The first-order chi connectivity index (χ1) is 14.3. The van der Waals surface area contributed by atoms with Crippen LogP contribution < -0.4 is 10.2 Å². The molecule has 0 spiro atoms. The minimum atomic E-state index is -4.60. The second kappa shape index (κ2) is 11.9. The fraction of sp³-hybridized carbons (Fsp3) is 0.333. The van der Waals surface area contributed by atoms with E-state index in [2.05, 4.69) is 10.3 Å². The molecule has 3 rings (SSSR count). The highest BCUT2D eigenvalue weighted by atomic mass is 35.5. The van der Waals surface area contributed by atoms with E-state index in [4.69, 9.17) is 11.6 Å². The van der Waals surface area contributed by atoms with Gasteiger partial charge in [-0.05, 0) is 42.7 Å². The van der Waals surface area contributed by atoms with Crippen molar-refractivity contribution in [2.45, 2.75) is 19.0 Å². The summed E-state index contributed by atoms with van der Waals surface area (Å²) in [5, 5.41) is 4.99. The van der Waals surface area contributed by atoms with Crippen molar-refractivity contribution in [2.75, 3.05) is 30.8 Å². The van der Waals surface area contributed by atoms with Crippen molar-refractivity contribution in [1.29, 1.82) is 0 Å². The number of benzene rings is 1. The van der Waals surface area contributed by atoms with E-state index >= 15 is 0 Å². The third-order valence-electron chi connectivity index (χ3n) is 4.22. The summed E-state index contributed by atoms with van der Waals surface area (Å²) in [6.07, 6.45) is 1.81. The van der Waals surface area contributed by atoms with Crippen LogP contribution in [0.25, 0.3) is 0 Å². The number of pyridine rings is 1. The first-order valence-electron chi connectivity index (χ1n) is 9.31. The van der Waals surface area contributed by atoms with Gasteiger partial charge >= 0.3 is 6.18 Å². The molecule has 1 fully saturated rings. The number of hydrogen-bond acceptors (Lipinski definition) is 4. The van der Waals surface area contributed by atoms with Crippen LogP contribution in [0.4, 0.5) is 19.0 Å². The highest BCUT2D eigenvalue weighted by Crippen LogP contribution is 2.34. The van der Waals surface area contributed by atoms with Crippen LogP contribution in [-0.4, -0.2) is 36.8 Å². The molecule has 0 atom stereocenters. The predicted octanol–water partition coefficient (Wildman–Crippen LogP) is 5.65. The molecule has 9 heteroatoms. The van der Waals surface area contributed by atoms with Crippen molar-refractivity contribution < 1.29 is 18.0 Å². The van der Waals surface area contributed by atoms with Crippen LogP contribution in [-0.2, 0) is 6.18 Å². The number of carbonyl (C=O) groups is 1. The molecule has 0 radical (unpaired) electrons. The number of carbonyl (C=O) groups excluding carboxylic acids is 1. The van der Waals surface area contributed by atoms with Crippen molar-refractivity contribution in [3.05, 3.63) is 70.2 Å². The molecule has 162 valence electrons. The van der Waals surface area contributed by atoms with Crippen molar-refractivity contribution in [2.24, 2.45) is 0 Å². The molecule has 2 heterocycles. The van der Waals surface area contributed by atoms with Crippen LogP contribution in [0.15, 0.2) is 54.1 Å². The Kier molecular flexibility index (Phi) is 9.52. The fourth-order valence-electron chi connectivity index (χ4n) is 2.78. The normalized spacial score (nSPS) is 13.8. The minimum Gasteiger partial charge on any atom is -0.357 e. The lowest BCUT2D eigenvalue weighted by molar-refractivity contribution is -0.138. The van der Waals surface area contributed by atoms with Crippen LogP contribution in [0.1, 0.15) is 28.8 Å². The summed E-state index contributed by atoms with van der Waals surface area (Å²) in [5.74, 6) is -0.503. The Labute approximate surface area is 183 Å². The number of halogens is 4. The summed E-state index contributed by atoms with van der Waals surface area (Å²) in [6, 6.07) is 10.4. The molecule has 0 aliphatic carbocycles. The van der Waals surface area contributed by atoms with Crippen molar-refractivity contribution in [3.8, 4) is 0 Å². The molecule has 1 amide bonds. The first kappa shape index (κ1) is 24.1. The van der Waals surface area contributed by atoms with Gasteiger partial charge in [0.05, 0.1) is 11.1 Å². The van der Waals surface area contributed by atoms with Gasteiger partial charge in [0.15, 0.2) is 0 Å². The summed E-state index contributed by atoms with van der Waals surface area (Å²) in [5.41, 5.74) is -1.39. The average Bonchev–Trinajstić information content (AvgIpc) is 3.26. The molecule has 0 bridgehead atoms. The number of nitrogens with one attached hydrogen (secondary N) is 1. The number of anilines is 1. The number of rotatable bonds is 5. The monoisotopic (exact) mass is 457 g/mol. The van der Waals surface area contributed by atoms with E-state index in [-0.39, 0.29) is 12.4 Å². The van der Waals surface area contributed by atoms with Gasteiger partial charge in [0.2, 0.25) is 0 Å². The molecule has 2 aromatic rings. The maximum atomic E-state index is 13.3. The molecule has 1 saturated heterocycles. The van der Waals surface area contributed by atoms with Crippen molar-refractivity contribution >= 4 is 35.1 Å². The highest BCUT2D eigenvalue weighted by Gasteiger charge is 2.36. The van der Waals surface area contributed by atoms with E-state index in [0.29, 0.717) is 13.1 Å². The smallest absolute Gasteiger partial charge is 0.357 e. The van der Waals surface area contributed by atoms with Gasteiger partial charge in [-0.15, -0.1) is 11.8 Å². The summed E-state index contributed by atoms with van der Waals surface area (Å²) in [4.78, 5) is 17.8. The predicted molar refractivity (Wildman–Crippen MR) is 117 cm³/mol. The fourth-order valence-corrected chi connectivity index (χ4v) is 3.22. The second-order valence-corrected chi connectivity index (χ2v) is 7.57. The molecule has 1 aromatic heterocycles.